The highest BCUT2D eigenvalue weighted by atomic mass is 79.9. The Morgan fingerprint density at radius 2 is 2.33 bits per heavy atom. The van der Waals surface area contributed by atoms with Gasteiger partial charge in [-0.25, -0.2) is 0 Å². The lowest BCUT2D eigenvalue weighted by molar-refractivity contribution is 1.15. The van der Waals surface area contributed by atoms with Crippen molar-refractivity contribution in [2.24, 2.45) is 0 Å². The van der Waals surface area contributed by atoms with E-state index in [2.05, 4.69) is 27.8 Å². The van der Waals surface area contributed by atoms with Gasteiger partial charge in [0.2, 0.25) is 0 Å². The molecule has 0 aliphatic rings. The van der Waals surface area contributed by atoms with E-state index in [1.807, 2.05) is 18.2 Å². The predicted molar refractivity (Wildman–Crippen MR) is 41.3 cm³/mol. The minimum absolute atomic E-state index is 0.802. The zero-order chi connectivity index (χ0) is 6.69. The number of hydrogen-bond donors (Lipinski definition) is 0. The van der Waals surface area contributed by atoms with Gasteiger partial charge in [-0.2, -0.15) is 0 Å². The topological polar surface area (TPSA) is 12.9 Å². The molecule has 1 nitrogen and oxygen atoms in total. The molecule has 47 valence electrons. The van der Waals surface area contributed by atoms with Crippen LogP contribution in [0.15, 0.2) is 18.2 Å². The van der Waals surface area contributed by atoms with Gasteiger partial charge < -0.3 is 0 Å². The van der Waals surface area contributed by atoms with Crippen molar-refractivity contribution in [1.82, 2.24) is 4.98 Å². The van der Waals surface area contributed by atoms with E-state index in [0.29, 0.717) is 0 Å². The third-order valence-electron chi connectivity index (χ3n) is 1.00. The van der Waals surface area contributed by atoms with Crippen LogP contribution >= 0.6 is 15.9 Å². The molecule has 0 bridgehead atoms. The summed E-state index contributed by atoms with van der Waals surface area (Å²) in [7, 11) is 0. The van der Waals surface area contributed by atoms with Gasteiger partial charge >= 0.3 is 0 Å². The van der Waals surface area contributed by atoms with Crippen molar-refractivity contribution >= 4 is 15.9 Å². The molecule has 0 saturated heterocycles. The molecule has 0 amide bonds. The molecule has 1 rings (SSSR count). The lowest BCUT2D eigenvalue weighted by Crippen LogP contribution is -1.85. The van der Waals surface area contributed by atoms with Crippen molar-refractivity contribution in [3.8, 4) is 0 Å². The van der Waals surface area contributed by atoms with Gasteiger partial charge in [0.05, 0.1) is 5.69 Å². The molecule has 0 unspecified atom stereocenters. The average Bonchev–Trinajstić information content (AvgIpc) is 1.88. The van der Waals surface area contributed by atoms with Gasteiger partial charge in [0.25, 0.3) is 0 Å². The Kier molecular flexibility index (Phi) is 2.22. The largest absolute Gasteiger partial charge is 0.257 e. The van der Waals surface area contributed by atoms with Gasteiger partial charge in [0.15, 0.2) is 0 Å². The number of rotatable bonds is 1. The molecule has 0 fully saturated rings. The maximum absolute atomic E-state index is 4.13. The molecule has 2 heteroatoms. The Bertz CT molecular complexity index is 198. The summed E-state index contributed by atoms with van der Waals surface area (Å²) in [6.07, 6.45) is 0. The Morgan fingerprint density at radius 3 is 2.78 bits per heavy atom. The van der Waals surface area contributed by atoms with Crippen LogP contribution in [0.2, 0.25) is 0 Å². The monoisotopic (exact) mass is 184 g/mol. The summed E-state index contributed by atoms with van der Waals surface area (Å²) in [4.78, 5) is 4.13. The predicted octanol–water partition coefficient (Wildman–Crippen LogP) is 2.16. The Hall–Kier alpha value is -0.370. The summed E-state index contributed by atoms with van der Waals surface area (Å²) in [6.45, 7) is 3.70. The molecule has 0 spiro atoms. The fourth-order valence-corrected chi connectivity index (χ4v) is 0.916. The minimum Gasteiger partial charge on any atom is -0.257 e. The van der Waals surface area contributed by atoms with E-state index in [9.17, 15) is 0 Å². The van der Waals surface area contributed by atoms with Crippen LogP contribution in [0.1, 0.15) is 11.4 Å². The minimum atomic E-state index is 0.802. The summed E-state index contributed by atoms with van der Waals surface area (Å²) in [5.74, 6) is 0. The number of pyridine rings is 1. The molecule has 0 atom stereocenters. The first-order chi connectivity index (χ1) is 4.33. The van der Waals surface area contributed by atoms with Crippen LogP contribution in [0, 0.1) is 6.92 Å². The van der Waals surface area contributed by atoms with E-state index in [0.717, 1.165) is 16.7 Å². The molecule has 9 heavy (non-hydrogen) atoms. The van der Waals surface area contributed by atoms with Crippen LogP contribution in [0.25, 0.3) is 0 Å². The molecule has 1 aromatic heterocycles. The third kappa shape index (κ3) is 1.79. The van der Waals surface area contributed by atoms with Gasteiger partial charge in [0, 0.05) is 11.0 Å². The maximum atomic E-state index is 4.13. The highest BCUT2D eigenvalue weighted by molar-refractivity contribution is 9.08. The van der Waals surface area contributed by atoms with Gasteiger partial charge in [-0.3, -0.25) is 4.98 Å². The molecule has 1 heterocycles. The maximum Gasteiger partial charge on any atom is 0.0512 e. The Balaban J connectivity index is 2.94. The van der Waals surface area contributed by atoms with Gasteiger partial charge in [-0.15, -0.1) is 0 Å². The number of aromatic nitrogens is 1. The van der Waals surface area contributed by atoms with E-state index >= 15 is 0 Å². The fraction of sp³-hybridized carbons (Fsp3) is 0.143. The van der Waals surface area contributed by atoms with E-state index in [1.54, 1.807) is 0 Å². The molecular formula is C7H7BrN. The molecule has 1 aromatic rings. The van der Waals surface area contributed by atoms with Gasteiger partial charge in [-0.1, -0.05) is 22.0 Å². The summed E-state index contributed by atoms with van der Waals surface area (Å²) in [5.41, 5.74) is 1.86. The Morgan fingerprint density at radius 1 is 1.56 bits per heavy atom. The summed E-state index contributed by atoms with van der Waals surface area (Å²) in [6, 6.07) is 5.79. The first kappa shape index (κ1) is 6.75. The van der Waals surface area contributed by atoms with Crippen molar-refractivity contribution in [2.45, 2.75) is 5.33 Å². The van der Waals surface area contributed by atoms with E-state index in [1.165, 1.54) is 0 Å². The molecular weight excluding hydrogens is 178 g/mol. The number of hydrogen-bond acceptors (Lipinski definition) is 1. The second-order valence-corrected chi connectivity index (χ2v) is 2.31. The molecule has 0 aromatic carbocycles. The van der Waals surface area contributed by atoms with Crippen molar-refractivity contribution in [2.75, 3.05) is 0 Å². The number of halogens is 1. The van der Waals surface area contributed by atoms with E-state index in [-0.39, 0.29) is 0 Å². The van der Waals surface area contributed by atoms with Gasteiger partial charge in [0.1, 0.15) is 0 Å². The number of alkyl halides is 1. The Labute approximate surface area is 63.2 Å². The van der Waals surface area contributed by atoms with E-state index in [4.69, 9.17) is 0 Å². The third-order valence-corrected chi connectivity index (χ3v) is 1.58. The summed E-state index contributed by atoms with van der Waals surface area (Å²) >= 11 is 3.30. The number of nitrogens with zero attached hydrogens (tertiary/aromatic N) is 1. The SMILES string of the molecule is [CH2]c1cccc(CBr)n1. The lowest BCUT2D eigenvalue weighted by Gasteiger charge is -1.93. The standard InChI is InChI=1S/C7H7BrN/c1-6-3-2-4-7(5-8)9-6/h2-4H,1,5H2. The zero-order valence-corrected chi connectivity index (χ0v) is 6.56. The first-order valence-electron chi connectivity index (χ1n) is 2.67. The normalized spacial score (nSPS) is 9.56. The molecule has 0 saturated carbocycles. The second kappa shape index (κ2) is 2.97. The molecule has 0 aliphatic heterocycles. The van der Waals surface area contributed by atoms with Gasteiger partial charge in [-0.05, 0) is 19.1 Å². The van der Waals surface area contributed by atoms with E-state index < -0.39 is 0 Å². The molecule has 0 aliphatic carbocycles. The lowest BCUT2D eigenvalue weighted by atomic mass is 10.3. The average molecular weight is 185 g/mol. The summed E-state index contributed by atoms with van der Waals surface area (Å²) < 4.78 is 0. The van der Waals surface area contributed by atoms with Crippen LogP contribution in [-0.2, 0) is 5.33 Å². The quantitative estimate of drug-likeness (QED) is 0.611. The van der Waals surface area contributed by atoms with Crippen molar-refractivity contribution in [1.29, 1.82) is 0 Å². The van der Waals surface area contributed by atoms with Crippen LogP contribution in [0.4, 0.5) is 0 Å². The fourth-order valence-electron chi connectivity index (χ4n) is 0.604. The van der Waals surface area contributed by atoms with Crippen molar-refractivity contribution in [3.05, 3.63) is 36.5 Å². The van der Waals surface area contributed by atoms with Crippen molar-refractivity contribution < 1.29 is 0 Å². The highest BCUT2D eigenvalue weighted by Crippen LogP contribution is 2.01. The first-order valence-corrected chi connectivity index (χ1v) is 3.79. The zero-order valence-electron chi connectivity index (χ0n) is 4.97. The second-order valence-electron chi connectivity index (χ2n) is 1.75. The molecule has 1 radical (unpaired) electrons. The summed E-state index contributed by atoms with van der Waals surface area (Å²) in [5, 5.41) is 0.802. The smallest absolute Gasteiger partial charge is 0.0512 e. The van der Waals surface area contributed by atoms with Crippen LogP contribution in [0.5, 0.6) is 0 Å². The highest BCUT2D eigenvalue weighted by Gasteiger charge is 1.88. The van der Waals surface area contributed by atoms with Crippen LogP contribution in [-0.4, -0.2) is 4.98 Å². The van der Waals surface area contributed by atoms with Crippen LogP contribution < -0.4 is 0 Å². The van der Waals surface area contributed by atoms with Crippen molar-refractivity contribution in [3.63, 3.8) is 0 Å². The molecule has 0 N–H and O–H groups in total. The van der Waals surface area contributed by atoms with Crippen LogP contribution in [0.3, 0.4) is 0 Å².